The quantitative estimate of drug-likeness (QED) is 0.902. The van der Waals surface area contributed by atoms with Gasteiger partial charge in [0.15, 0.2) is 0 Å². The highest BCUT2D eigenvalue weighted by atomic mass is 35.5. The third-order valence-electron chi connectivity index (χ3n) is 2.56. The summed E-state index contributed by atoms with van der Waals surface area (Å²) < 4.78 is 5.85. The Morgan fingerprint density at radius 3 is 2.44 bits per heavy atom. The van der Waals surface area contributed by atoms with Gasteiger partial charge in [0.2, 0.25) is 0 Å². The summed E-state index contributed by atoms with van der Waals surface area (Å²) in [5.41, 5.74) is 6.95. The summed E-state index contributed by atoms with van der Waals surface area (Å²) >= 11 is 5.84. The number of rotatable bonds is 4. The molecule has 0 saturated carbocycles. The van der Waals surface area contributed by atoms with Gasteiger partial charge in [0.05, 0.1) is 0 Å². The first-order chi connectivity index (χ1) is 8.65. The molecule has 0 amide bonds. The van der Waals surface area contributed by atoms with Crippen molar-refractivity contribution < 1.29 is 4.74 Å². The number of hydrogen-bond donors (Lipinski definition) is 1. The van der Waals surface area contributed by atoms with Gasteiger partial charge in [0.1, 0.15) is 11.5 Å². The van der Waals surface area contributed by atoms with Gasteiger partial charge in [-0.25, -0.2) is 0 Å². The second-order valence-electron chi connectivity index (χ2n) is 4.35. The molecular formula is C15H16ClNO. The van der Waals surface area contributed by atoms with Gasteiger partial charge >= 0.3 is 0 Å². The maximum Gasteiger partial charge on any atom is 0.130 e. The van der Waals surface area contributed by atoms with E-state index in [0.29, 0.717) is 5.02 Å². The van der Waals surface area contributed by atoms with Crippen LogP contribution in [0.3, 0.4) is 0 Å². The Balaban J connectivity index is 2.20. The molecule has 0 saturated heterocycles. The Labute approximate surface area is 112 Å². The second-order valence-corrected chi connectivity index (χ2v) is 4.78. The minimum atomic E-state index is 0.111. The van der Waals surface area contributed by atoms with Crippen molar-refractivity contribution >= 4 is 11.6 Å². The summed E-state index contributed by atoms with van der Waals surface area (Å²) in [6.45, 7) is 1.99. The lowest BCUT2D eigenvalue weighted by Crippen LogP contribution is -2.18. The normalized spacial score (nSPS) is 12.2. The first-order valence-electron chi connectivity index (χ1n) is 5.92. The fraction of sp³-hybridized carbons (Fsp3) is 0.200. The van der Waals surface area contributed by atoms with Crippen LogP contribution in [0.2, 0.25) is 5.02 Å². The van der Waals surface area contributed by atoms with Crippen LogP contribution < -0.4 is 10.5 Å². The Hall–Kier alpha value is -1.51. The van der Waals surface area contributed by atoms with Gasteiger partial charge in [-0.2, -0.15) is 0 Å². The maximum absolute atomic E-state index is 5.85. The zero-order valence-corrected chi connectivity index (χ0v) is 11.0. The van der Waals surface area contributed by atoms with E-state index in [1.807, 2.05) is 55.5 Å². The van der Waals surface area contributed by atoms with Crippen LogP contribution in [0, 0.1) is 0 Å². The summed E-state index contributed by atoms with van der Waals surface area (Å²) in [5.74, 6) is 1.62. The van der Waals surface area contributed by atoms with E-state index in [9.17, 15) is 0 Å². The lowest BCUT2D eigenvalue weighted by Gasteiger charge is -2.12. The molecular weight excluding hydrogens is 246 g/mol. The predicted molar refractivity (Wildman–Crippen MR) is 75.3 cm³/mol. The smallest absolute Gasteiger partial charge is 0.130 e. The molecule has 1 unspecified atom stereocenters. The van der Waals surface area contributed by atoms with Crippen molar-refractivity contribution in [3.05, 3.63) is 59.1 Å². The molecule has 0 aliphatic rings. The van der Waals surface area contributed by atoms with E-state index in [1.54, 1.807) is 0 Å². The van der Waals surface area contributed by atoms with Gasteiger partial charge in [0, 0.05) is 11.1 Å². The van der Waals surface area contributed by atoms with Crippen LogP contribution in [0.15, 0.2) is 48.5 Å². The van der Waals surface area contributed by atoms with Crippen molar-refractivity contribution in [2.24, 2.45) is 5.73 Å². The van der Waals surface area contributed by atoms with Gasteiger partial charge in [-0.05, 0) is 49.2 Å². The van der Waals surface area contributed by atoms with Crippen molar-refractivity contribution in [2.45, 2.75) is 19.4 Å². The zero-order valence-electron chi connectivity index (χ0n) is 10.3. The average Bonchev–Trinajstić information content (AvgIpc) is 2.34. The van der Waals surface area contributed by atoms with E-state index in [4.69, 9.17) is 22.1 Å². The second kappa shape index (κ2) is 5.89. The molecule has 94 valence electrons. The molecule has 0 aromatic heterocycles. The van der Waals surface area contributed by atoms with Gasteiger partial charge in [0.25, 0.3) is 0 Å². The largest absolute Gasteiger partial charge is 0.457 e. The highest BCUT2D eigenvalue weighted by molar-refractivity contribution is 6.30. The van der Waals surface area contributed by atoms with Gasteiger partial charge in [-0.3, -0.25) is 0 Å². The van der Waals surface area contributed by atoms with Crippen LogP contribution in [-0.4, -0.2) is 6.04 Å². The Morgan fingerprint density at radius 2 is 1.78 bits per heavy atom. The van der Waals surface area contributed by atoms with Crippen LogP contribution in [0.1, 0.15) is 12.5 Å². The van der Waals surface area contributed by atoms with E-state index in [0.717, 1.165) is 23.5 Å². The minimum absolute atomic E-state index is 0.111. The molecule has 2 rings (SSSR count). The highest BCUT2D eigenvalue weighted by Crippen LogP contribution is 2.26. The Kier molecular flexibility index (Phi) is 4.24. The molecule has 0 bridgehead atoms. The number of benzene rings is 2. The standard InChI is InChI=1S/C15H16ClNO/c1-11(17)10-12-4-2-3-5-15(12)18-14-8-6-13(16)7-9-14/h2-9,11H,10,17H2,1H3. The van der Waals surface area contributed by atoms with Crippen LogP contribution in [0.5, 0.6) is 11.5 Å². The monoisotopic (exact) mass is 261 g/mol. The molecule has 3 heteroatoms. The van der Waals surface area contributed by atoms with E-state index < -0.39 is 0 Å². The zero-order chi connectivity index (χ0) is 13.0. The molecule has 2 aromatic rings. The van der Waals surface area contributed by atoms with Crippen LogP contribution in [-0.2, 0) is 6.42 Å². The predicted octanol–water partition coefficient (Wildman–Crippen LogP) is 4.02. The topological polar surface area (TPSA) is 35.2 Å². The van der Waals surface area contributed by atoms with Crippen molar-refractivity contribution in [2.75, 3.05) is 0 Å². The molecule has 2 nitrogen and oxygen atoms in total. The van der Waals surface area contributed by atoms with Crippen molar-refractivity contribution in [1.29, 1.82) is 0 Å². The van der Waals surface area contributed by atoms with E-state index in [1.165, 1.54) is 0 Å². The van der Waals surface area contributed by atoms with Crippen LogP contribution >= 0.6 is 11.6 Å². The molecule has 1 atom stereocenters. The van der Waals surface area contributed by atoms with Crippen molar-refractivity contribution in [3.8, 4) is 11.5 Å². The highest BCUT2D eigenvalue weighted by Gasteiger charge is 2.06. The lowest BCUT2D eigenvalue weighted by atomic mass is 10.1. The van der Waals surface area contributed by atoms with Crippen LogP contribution in [0.25, 0.3) is 0 Å². The summed E-state index contributed by atoms with van der Waals surface area (Å²) in [6.07, 6.45) is 0.795. The first-order valence-corrected chi connectivity index (χ1v) is 6.30. The van der Waals surface area contributed by atoms with E-state index >= 15 is 0 Å². The van der Waals surface area contributed by atoms with Crippen molar-refractivity contribution in [3.63, 3.8) is 0 Å². The third kappa shape index (κ3) is 3.49. The number of para-hydroxylation sites is 1. The fourth-order valence-electron chi connectivity index (χ4n) is 1.75. The molecule has 0 aliphatic heterocycles. The number of halogens is 1. The van der Waals surface area contributed by atoms with E-state index in [2.05, 4.69) is 0 Å². The molecule has 0 fully saturated rings. The first kappa shape index (κ1) is 12.9. The summed E-state index contributed by atoms with van der Waals surface area (Å²) in [6, 6.07) is 15.4. The van der Waals surface area contributed by atoms with E-state index in [-0.39, 0.29) is 6.04 Å². The molecule has 18 heavy (non-hydrogen) atoms. The van der Waals surface area contributed by atoms with Gasteiger partial charge in [-0.1, -0.05) is 29.8 Å². The SMILES string of the molecule is CC(N)Cc1ccccc1Oc1ccc(Cl)cc1. The Morgan fingerprint density at radius 1 is 1.11 bits per heavy atom. The number of ether oxygens (including phenoxy) is 1. The molecule has 0 heterocycles. The molecule has 2 N–H and O–H groups in total. The lowest BCUT2D eigenvalue weighted by molar-refractivity contribution is 0.474. The molecule has 0 radical (unpaired) electrons. The minimum Gasteiger partial charge on any atom is -0.457 e. The molecule has 0 spiro atoms. The molecule has 0 aliphatic carbocycles. The average molecular weight is 262 g/mol. The van der Waals surface area contributed by atoms with Crippen LogP contribution in [0.4, 0.5) is 0 Å². The fourth-order valence-corrected chi connectivity index (χ4v) is 1.87. The third-order valence-corrected chi connectivity index (χ3v) is 2.81. The number of hydrogen-bond acceptors (Lipinski definition) is 2. The summed E-state index contributed by atoms with van der Waals surface area (Å²) in [4.78, 5) is 0. The Bertz CT molecular complexity index is 508. The molecule has 2 aromatic carbocycles. The summed E-state index contributed by atoms with van der Waals surface area (Å²) in [5, 5.41) is 0.700. The summed E-state index contributed by atoms with van der Waals surface area (Å²) in [7, 11) is 0. The maximum atomic E-state index is 5.85. The van der Waals surface area contributed by atoms with Gasteiger partial charge < -0.3 is 10.5 Å². The number of nitrogens with two attached hydrogens (primary N) is 1. The van der Waals surface area contributed by atoms with Crippen molar-refractivity contribution in [1.82, 2.24) is 0 Å². The van der Waals surface area contributed by atoms with Gasteiger partial charge in [-0.15, -0.1) is 0 Å².